The second-order valence-corrected chi connectivity index (χ2v) is 7.30. The number of amides is 1. The van der Waals surface area contributed by atoms with E-state index in [0.717, 1.165) is 48.6 Å². The first kappa shape index (κ1) is 17.1. The highest BCUT2D eigenvalue weighted by molar-refractivity contribution is 7.10. The molecule has 0 radical (unpaired) electrons. The second kappa shape index (κ2) is 7.90. The maximum absolute atomic E-state index is 11.0. The second-order valence-electron chi connectivity index (χ2n) is 6.41. The van der Waals surface area contributed by atoms with Crippen LogP contribution in [-0.2, 0) is 16.0 Å². The summed E-state index contributed by atoms with van der Waals surface area (Å²) in [7, 11) is 0. The third-order valence-corrected chi connectivity index (χ3v) is 5.23. The Morgan fingerprint density at radius 2 is 2.21 bits per heavy atom. The highest BCUT2D eigenvalue weighted by Crippen LogP contribution is 2.33. The number of ether oxygens (including phenoxy) is 1. The van der Waals surface area contributed by atoms with Crippen LogP contribution in [0.2, 0.25) is 0 Å². The van der Waals surface area contributed by atoms with Gasteiger partial charge in [0.2, 0.25) is 5.91 Å². The largest absolute Gasteiger partial charge is 0.371 e. The van der Waals surface area contributed by atoms with Crippen molar-refractivity contribution in [1.82, 2.24) is 10.3 Å². The van der Waals surface area contributed by atoms with E-state index in [4.69, 9.17) is 9.72 Å². The van der Waals surface area contributed by atoms with Crippen molar-refractivity contribution in [1.29, 1.82) is 0 Å². The third-order valence-electron chi connectivity index (χ3n) is 4.29. The van der Waals surface area contributed by atoms with Crippen LogP contribution in [0.5, 0.6) is 0 Å². The molecule has 3 rings (SSSR count). The lowest BCUT2D eigenvalue weighted by atomic mass is 10.0. The topological polar surface area (TPSA) is 51.2 Å². The van der Waals surface area contributed by atoms with E-state index >= 15 is 0 Å². The van der Waals surface area contributed by atoms with Gasteiger partial charge in [-0.1, -0.05) is 24.3 Å². The normalized spacial score (nSPS) is 18.5. The number of aryl methyl sites for hydroxylation is 1. The van der Waals surface area contributed by atoms with Gasteiger partial charge in [0.15, 0.2) is 0 Å². The molecule has 5 heteroatoms. The van der Waals surface area contributed by atoms with Crippen molar-refractivity contribution < 1.29 is 9.53 Å². The van der Waals surface area contributed by atoms with Crippen molar-refractivity contribution in [2.24, 2.45) is 0 Å². The summed E-state index contributed by atoms with van der Waals surface area (Å²) in [6.07, 6.45) is 4.31. The lowest BCUT2D eigenvalue weighted by molar-refractivity contribution is -0.119. The molecular weight excluding hydrogens is 320 g/mol. The lowest BCUT2D eigenvalue weighted by Gasteiger charge is -2.12. The maximum atomic E-state index is 11.0. The van der Waals surface area contributed by atoms with E-state index in [9.17, 15) is 4.79 Å². The third kappa shape index (κ3) is 4.42. The van der Waals surface area contributed by atoms with Crippen LogP contribution in [0.3, 0.4) is 0 Å². The van der Waals surface area contributed by atoms with E-state index in [1.165, 1.54) is 5.56 Å². The molecule has 2 atom stereocenters. The summed E-state index contributed by atoms with van der Waals surface area (Å²) in [5.74, 6) is 0.0310. The molecule has 1 aromatic carbocycles. The van der Waals surface area contributed by atoms with E-state index in [2.05, 4.69) is 35.0 Å². The van der Waals surface area contributed by atoms with Gasteiger partial charge in [-0.15, -0.1) is 11.3 Å². The van der Waals surface area contributed by atoms with Crippen molar-refractivity contribution >= 4 is 17.2 Å². The molecule has 1 aromatic heterocycles. The van der Waals surface area contributed by atoms with Gasteiger partial charge in [0.25, 0.3) is 0 Å². The molecule has 1 amide bonds. The first-order valence-corrected chi connectivity index (χ1v) is 9.43. The highest BCUT2D eigenvalue weighted by atomic mass is 32.1. The van der Waals surface area contributed by atoms with E-state index in [0.29, 0.717) is 0 Å². The number of benzene rings is 1. The molecule has 1 aliphatic rings. The number of nitrogens with zero attached hydrogens (tertiary/aromatic N) is 1. The van der Waals surface area contributed by atoms with Crippen LogP contribution in [0, 0.1) is 0 Å². The number of aromatic nitrogens is 1. The van der Waals surface area contributed by atoms with Crippen LogP contribution in [0.1, 0.15) is 49.8 Å². The van der Waals surface area contributed by atoms with Gasteiger partial charge in [-0.05, 0) is 38.2 Å². The molecule has 128 valence electrons. The minimum atomic E-state index is 0.0310. The van der Waals surface area contributed by atoms with Gasteiger partial charge in [-0.25, -0.2) is 4.98 Å². The Hall–Kier alpha value is -1.72. The Bertz CT molecular complexity index is 675. The quantitative estimate of drug-likeness (QED) is 0.857. The Morgan fingerprint density at radius 1 is 1.42 bits per heavy atom. The molecule has 1 N–H and O–H groups in total. The predicted octanol–water partition coefficient (Wildman–Crippen LogP) is 4.12. The molecule has 0 unspecified atom stereocenters. The number of rotatable bonds is 6. The Labute approximate surface area is 147 Å². The minimum Gasteiger partial charge on any atom is -0.371 e. The van der Waals surface area contributed by atoms with Crippen LogP contribution in [0.25, 0.3) is 11.3 Å². The van der Waals surface area contributed by atoms with Gasteiger partial charge in [-0.2, -0.15) is 0 Å². The fraction of sp³-hybridized carbons (Fsp3) is 0.474. The number of thiazole rings is 1. The zero-order valence-electron chi connectivity index (χ0n) is 14.2. The zero-order valence-corrected chi connectivity index (χ0v) is 15.1. The monoisotopic (exact) mass is 344 g/mol. The number of hydrogen-bond acceptors (Lipinski definition) is 4. The van der Waals surface area contributed by atoms with Crippen LogP contribution in [-0.4, -0.2) is 23.5 Å². The number of carbonyl (C=O) groups is 1. The van der Waals surface area contributed by atoms with Gasteiger partial charge in [0.1, 0.15) is 11.1 Å². The first-order chi connectivity index (χ1) is 11.6. The Balaban J connectivity index is 1.59. The zero-order chi connectivity index (χ0) is 16.9. The smallest absolute Gasteiger partial charge is 0.217 e. The molecule has 24 heavy (non-hydrogen) atoms. The van der Waals surface area contributed by atoms with Gasteiger partial charge < -0.3 is 10.1 Å². The first-order valence-electron chi connectivity index (χ1n) is 8.55. The lowest BCUT2D eigenvalue weighted by Crippen LogP contribution is -2.30. The summed E-state index contributed by atoms with van der Waals surface area (Å²) in [6, 6.07) is 8.77. The maximum Gasteiger partial charge on any atom is 0.217 e. The van der Waals surface area contributed by atoms with Gasteiger partial charge in [0, 0.05) is 30.5 Å². The van der Waals surface area contributed by atoms with E-state index in [-0.39, 0.29) is 18.1 Å². The minimum absolute atomic E-state index is 0.0310. The highest BCUT2D eigenvalue weighted by Gasteiger charge is 2.21. The summed E-state index contributed by atoms with van der Waals surface area (Å²) in [5, 5.41) is 6.13. The van der Waals surface area contributed by atoms with Crippen molar-refractivity contribution in [3.63, 3.8) is 0 Å². The molecule has 0 bridgehead atoms. The SMILES string of the molecule is CC(=O)N[C@@H](C)CCc1ccc(-c2csc([C@H]3CCCO3)n2)cc1. The average Bonchev–Trinajstić information content (AvgIpc) is 3.24. The Kier molecular flexibility index (Phi) is 5.63. The molecule has 2 heterocycles. The van der Waals surface area contributed by atoms with Gasteiger partial charge in [-0.3, -0.25) is 4.79 Å². The molecule has 2 aromatic rings. The fourth-order valence-electron chi connectivity index (χ4n) is 2.99. The standard InChI is InChI=1S/C19H24N2O2S/c1-13(20-14(2)22)5-6-15-7-9-16(10-8-15)17-12-24-19(21-17)18-4-3-11-23-18/h7-10,12-13,18H,3-6,11H2,1-2H3,(H,20,22)/t13-,18+/m0/s1. The number of carbonyl (C=O) groups excluding carboxylic acids is 1. The van der Waals surface area contributed by atoms with Crippen molar-refractivity contribution in [2.75, 3.05) is 6.61 Å². The summed E-state index contributed by atoms with van der Waals surface area (Å²) in [4.78, 5) is 15.8. The van der Waals surface area contributed by atoms with E-state index < -0.39 is 0 Å². The molecule has 4 nitrogen and oxygen atoms in total. The Morgan fingerprint density at radius 3 is 2.88 bits per heavy atom. The molecule has 1 aliphatic heterocycles. The van der Waals surface area contributed by atoms with E-state index in [1.54, 1.807) is 18.3 Å². The molecule has 0 spiro atoms. The van der Waals surface area contributed by atoms with Crippen LogP contribution >= 0.6 is 11.3 Å². The molecule has 0 saturated carbocycles. The molecule has 1 saturated heterocycles. The van der Waals surface area contributed by atoms with Crippen molar-refractivity contribution in [3.8, 4) is 11.3 Å². The molecule has 1 fully saturated rings. The van der Waals surface area contributed by atoms with Gasteiger partial charge >= 0.3 is 0 Å². The summed E-state index contributed by atoms with van der Waals surface area (Å²) < 4.78 is 5.71. The van der Waals surface area contributed by atoms with Gasteiger partial charge in [0.05, 0.1) is 5.69 Å². The summed E-state index contributed by atoms with van der Waals surface area (Å²) in [5.41, 5.74) is 3.46. The van der Waals surface area contributed by atoms with Crippen molar-refractivity contribution in [2.45, 2.75) is 51.7 Å². The number of hydrogen-bond donors (Lipinski definition) is 1. The van der Waals surface area contributed by atoms with Crippen LogP contribution in [0.4, 0.5) is 0 Å². The van der Waals surface area contributed by atoms with Crippen LogP contribution in [0.15, 0.2) is 29.6 Å². The molecular formula is C19H24N2O2S. The van der Waals surface area contributed by atoms with Crippen molar-refractivity contribution in [3.05, 3.63) is 40.2 Å². The summed E-state index contributed by atoms with van der Waals surface area (Å²) >= 11 is 1.69. The van der Waals surface area contributed by atoms with E-state index in [1.807, 2.05) is 6.92 Å². The fourth-order valence-corrected chi connectivity index (χ4v) is 3.89. The number of nitrogens with one attached hydrogen (secondary N) is 1. The molecule has 0 aliphatic carbocycles. The predicted molar refractivity (Wildman–Crippen MR) is 97.1 cm³/mol. The summed E-state index contributed by atoms with van der Waals surface area (Å²) in [6.45, 7) is 4.45. The van der Waals surface area contributed by atoms with Crippen LogP contribution < -0.4 is 5.32 Å². The average molecular weight is 344 g/mol.